The molecule has 0 N–H and O–H groups in total. The maximum absolute atomic E-state index is 9.47. The van der Waals surface area contributed by atoms with Crippen molar-refractivity contribution in [2.24, 2.45) is 0 Å². The second kappa shape index (κ2) is 8.77. The van der Waals surface area contributed by atoms with Crippen molar-refractivity contribution in [2.45, 2.75) is 13.8 Å². The summed E-state index contributed by atoms with van der Waals surface area (Å²) in [6.07, 6.45) is 1.81. The van der Waals surface area contributed by atoms with Gasteiger partial charge in [0.15, 0.2) is 11.5 Å². The Labute approximate surface area is 155 Å². The Morgan fingerprint density at radius 2 is 1.83 bits per heavy atom. The third kappa shape index (κ3) is 4.53. The van der Waals surface area contributed by atoms with Gasteiger partial charge in [-0.25, -0.2) is 0 Å². The summed E-state index contributed by atoms with van der Waals surface area (Å²) in [4.78, 5) is 0. The first-order valence-corrected chi connectivity index (χ1v) is 8.73. The molecule has 0 aromatic heterocycles. The summed E-state index contributed by atoms with van der Waals surface area (Å²) in [6.45, 7) is 4.91. The monoisotopic (exact) mass is 405 g/mol. The van der Waals surface area contributed by atoms with Crippen LogP contribution in [0.25, 0.3) is 11.6 Å². The number of hydrogen-bond acceptors (Lipinski definition) is 3. The number of halogens is 2. The summed E-state index contributed by atoms with van der Waals surface area (Å²) in [5.41, 5.74) is 2.20. The summed E-state index contributed by atoms with van der Waals surface area (Å²) < 4.78 is 12.1. The fraction of sp³-hybridized carbons (Fsp3) is 0.211. The van der Waals surface area contributed by atoms with Gasteiger partial charge in [-0.15, -0.1) is 0 Å². The van der Waals surface area contributed by atoms with Gasteiger partial charge in [-0.2, -0.15) is 5.26 Å². The fourth-order valence-electron chi connectivity index (χ4n) is 2.19. The highest BCUT2D eigenvalue weighted by Gasteiger charge is 2.12. The maximum Gasteiger partial charge on any atom is 0.175 e. The molecule has 0 aliphatic rings. The molecule has 0 unspecified atom stereocenters. The molecule has 0 radical (unpaired) electrons. The molecule has 3 nitrogen and oxygen atoms in total. The van der Waals surface area contributed by atoms with Crippen LogP contribution in [0.3, 0.4) is 0 Å². The van der Waals surface area contributed by atoms with Crippen LogP contribution in [0.2, 0.25) is 5.02 Å². The van der Waals surface area contributed by atoms with E-state index in [4.69, 9.17) is 21.1 Å². The summed E-state index contributed by atoms with van der Waals surface area (Å²) in [5.74, 6) is 1.31. The first-order chi connectivity index (χ1) is 11.6. The molecule has 0 saturated heterocycles. The van der Waals surface area contributed by atoms with Crippen molar-refractivity contribution in [3.8, 4) is 17.6 Å². The van der Waals surface area contributed by atoms with Crippen LogP contribution >= 0.6 is 27.5 Å². The molecule has 24 heavy (non-hydrogen) atoms. The van der Waals surface area contributed by atoms with Gasteiger partial charge in [0, 0.05) is 5.02 Å². The first-order valence-electron chi connectivity index (χ1n) is 7.55. The zero-order valence-corrected chi connectivity index (χ0v) is 15.8. The van der Waals surface area contributed by atoms with E-state index in [9.17, 15) is 5.26 Å². The van der Waals surface area contributed by atoms with E-state index >= 15 is 0 Å². The van der Waals surface area contributed by atoms with Crippen molar-refractivity contribution in [2.75, 3.05) is 13.2 Å². The Hall–Kier alpha value is -1.96. The Bertz CT molecular complexity index is 779. The topological polar surface area (TPSA) is 42.2 Å². The molecular weight excluding hydrogens is 390 g/mol. The minimum absolute atomic E-state index is 0.530. The van der Waals surface area contributed by atoms with E-state index in [-0.39, 0.29) is 0 Å². The smallest absolute Gasteiger partial charge is 0.175 e. The predicted molar refractivity (Wildman–Crippen MR) is 101 cm³/mol. The highest BCUT2D eigenvalue weighted by Crippen LogP contribution is 2.38. The van der Waals surface area contributed by atoms with Crippen molar-refractivity contribution in [1.82, 2.24) is 0 Å². The highest BCUT2D eigenvalue weighted by molar-refractivity contribution is 9.10. The van der Waals surface area contributed by atoms with Gasteiger partial charge in [0.05, 0.1) is 29.3 Å². The number of nitriles is 1. The Morgan fingerprint density at radius 3 is 2.42 bits per heavy atom. The number of allylic oxidation sites excluding steroid dienone is 1. The van der Waals surface area contributed by atoms with Crippen molar-refractivity contribution in [3.63, 3.8) is 0 Å². The number of hydrogen-bond donors (Lipinski definition) is 0. The lowest BCUT2D eigenvalue weighted by Crippen LogP contribution is -1.99. The second-order valence-electron chi connectivity index (χ2n) is 4.87. The van der Waals surface area contributed by atoms with Gasteiger partial charge in [-0.3, -0.25) is 0 Å². The average Bonchev–Trinajstić information content (AvgIpc) is 2.57. The third-order valence-electron chi connectivity index (χ3n) is 3.21. The molecule has 0 saturated carbocycles. The van der Waals surface area contributed by atoms with E-state index < -0.39 is 0 Å². The molecule has 0 atom stereocenters. The molecular formula is C19H17BrClNO2. The van der Waals surface area contributed by atoms with Crippen LogP contribution in [0.4, 0.5) is 0 Å². The second-order valence-corrected chi connectivity index (χ2v) is 6.16. The minimum atomic E-state index is 0.530. The van der Waals surface area contributed by atoms with E-state index in [1.54, 1.807) is 12.1 Å². The number of benzene rings is 2. The normalized spacial score (nSPS) is 11.0. The summed E-state index contributed by atoms with van der Waals surface area (Å²) in [7, 11) is 0. The SMILES string of the molecule is CCOc1cc(/C=C(/C#N)c2ccc(Cl)cc2)cc(Br)c1OCC. The third-order valence-corrected chi connectivity index (χ3v) is 4.05. The van der Waals surface area contributed by atoms with Crippen LogP contribution in [-0.4, -0.2) is 13.2 Å². The van der Waals surface area contributed by atoms with Crippen LogP contribution in [0.1, 0.15) is 25.0 Å². The quantitative estimate of drug-likeness (QED) is 0.439. The molecule has 2 aromatic carbocycles. The summed E-state index contributed by atoms with van der Waals surface area (Å²) >= 11 is 9.42. The molecule has 0 bridgehead atoms. The zero-order chi connectivity index (χ0) is 17.5. The molecule has 2 aromatic rings. The standard InChI is InChI=1S/C19H17BrClNO2/c1-3-23-18-11-13(10-17(20)19(18)24-4-2)9-15(12-22)14-5-7-16(21)8-6-14/h5-11H,3-4H2,1-2H3/b15-9-. The molecule has 0 heterocycles. The van der Waals surface area contributed by atoms with E-state index in [1.807, 2.05) is 44.2 Å². The van der Waals surface area contributed by atoms with Gasteiger partial charge in [0.2, 0.25) is 0 Å². The molecule has 0 spiro atoms. The number of nitrogens with zero attached hydrogens (tertiary/aromatic N) is 1. The van der Waals surface area contributed by atoms with E-state index in [0.29, 0.717) is 35.3 Å². The van der Waals surface area contributed by atoms with E-state index in [1.165, 1.54) is 0 Å². The average molecular weight is 407 g/mol. The number of ether oxygens (including phenoxy) is 2. The maximum atomic E-state index is 9.47. The lowest BCUT2D eigenvalue weighted by atomic mass is 10.0. The predicted octanol–water partition coefficient (Wildman–Crippen LogP) is 5.96. The van der Waals surface area contributed by atoms with Gasteiger partial charge in [0.25, 0.3) is 0 Å². The molecule has 0 amide bonds. The molecule has 2 rings (SSSR count). The van der Waals surface area contributed by atoms with Crippen LogP contribution < -0.4 is 9.47 Å². The summed E-state index contributed by atoms with van der Waals surface area (Å²) in [6, 6.07) is 13.2. The van der Waals surface area contributed by atoms with Crippen molar-refractivity contribution >= 4 is 39.2 Å². The Balaban J connectivity index is 2.46. The van der Waals surface area contributed by atoms with Crippen molar-refractivity contribution < 1.29 is 9.47 Å². The van der Waals surface area contributed by atoms with E-state index in [0.717, 1.165) is 15.6 Å². The minimum Gasteiger partial charge on any atom is -0.490 e. The molecule has 0 aliphatic carbocycles. The number of rotatable bonds is 6. The van der Waals surface area contributed by atoms with Gasteiger partial charge in [-0.1, -0.05) is 23.7 Å². The van der Waals surface area contributed by atoms with Gasteiger partial charge >= 0.3 is 0 Å². The van der Waals surface area contributed by atoms with Crippen LogP contribution in [0.15, 0.2) is 40.9 Å². The van der Waals surface area contributed by atoms with Crippen LogP contribution in [-0.2, 0) is 0 Å². The van der Waals surface area contributed by atoms with Gasteiger partial charge < -0.3 is 9.47 Å². The zero-order valence-electron chi connectivity index (χ0n) is 13.5. The van der Waals surface area contributed by atoms with Gasteiger partial charge in [-0.05, 0) is 71.2 Å². The van der Waals surface area contributed by atoms with Crippen LogP contribution in [0, 0.1) is 11.3 Å². The summed E-state index contributed by atoms with van der Waals surface area (Å²) in [5, 5.41) is 10.1. The molecule has 124 valence electrons. The van der Waals surface area contributed by atoms with Crippen molar-refractivity contribution in [3.05, 3.63) is 57.0 Å². The largest absolute Gasteiger partial charge is 0.490 e. The molecule has 0 fully saturated rings. The van der Waals surface area contributed by atoms with Crippen LogP contribution in [0.5, 0.6) is 11.5 Å². The fourth-order valence-corrected chi connectivity index (χ4v) is 2.90. The highest BCUT2D eigenvalue weighted by atomic mass is 79.9. The molecule has 5 heteroatoms. The van der Waals surface area contributed by atoms with Gasteiger partial charge in [0.1, 0.15) is 0 Å². The lowest BCUT2D eigenvalue weighted by molar-refractivity contribution is 0.286. The van der Waals surface area contributed by atoms with Crippen molar-refractivity contribution in [1.29, 1.82) is 5.26 Å². The lowest BCUT2D eigenvalue weighted by Gasteiger charge is -2.13. The first kappa shape index (κ1) is 18.4. The Morgan fingerprint density at radius 1 is 1.17 bits per heavy atom. The molecule has 0 aliphatic heterocycles. The Kier molecular flexibility index (Phi) is 6.72. The van der Waals surface area contributed by atoms with E-state index in [2.05, 4.69) is 22.0 Å².